The molecule has 1 aliphatic carbocycles. The number of aliphatic carboxylic acids is 1. The SMILES string of the molecule is O=C(O)CCC(=O)NC(=O)NC1CCCCCCC1. The van der Waals surface area contributed by atoms with E-state index in [9.17, 15) is 14.4 Å². The third-order valence-corrected chi connectivity index (χ3v) is 3.26. The summed E-state index contributed by atoms with van der Waals surface area (Å²) >= 11 is 0. The minimum Gasteiger partial charge on any atom is -0.481 e. The maximum absolute atomic E-state index is 11.6. The molecule has 0 bridgehead atoms. The first-order valence-corrected chi connectivity index (χ1v) is 6.90. The van der Waals surface area contributed by atoms with Crippen molar-refractivity contribution in [1.82, 2.24) is 10.6 Å². The van der Waals surface area contributed by atoms with Crippen LogP contribution in [-0.4, -0.2) is 29.1 Å². The van der Waals surface area contributed by atoms with Crippen LogP contribution in [0.25, 0.3) is 0 Å². The van der Waals surface area contributed by atoms with Gasteiger partial charge in [-0.2, -0.15) is 0 Å². The van der Waals surface area contributed by atoms with Crippen molar-refractivity contribution in [3.8, 4) is 0 Å². The van der Waals surface area contributed by atoms with Gasteiger partial charge in [0.15, 0.2) is 0 Å². The molecule has 0 spiro atoms. The van der Waals surface area contributed by atoms with E-state index in [-0.39, 0.29) is 18.9 Å². The van der Waals surface area contributed by atoms with Crippen LogP contribution in [0, 0.1) is 0 Å². The third kappa shape index (κ3) is 7.43. The topological polar surface area (TPSA) is 95.5 Å². The summed E-state index contributed by atoms with van der Waals surface area (Å²) in [6.45, 7) is 0. The van der Waals surface area contributed by atoms with E-state index in [1.54, 1.807) is 0 Å². The van der Waals surface area contributed by atoms with Gasteiger partial charge in [0.1, 0.15) is 0 Å². The van der Waals surface area contributed by atoms with Gasteiger partial charge in [-0.3, -0.25) is 14.9 Å². The number of imide groups is 1. The Bertz CT molecular complexity index is 323. The first kappa shape index (κ1) is 15.5. The van der Waals surface area contributed by atoms with Crippen molar-refractivity contribution in [3.63, 3.8) is 0 Å². The second-order valence-electron chi connectivity index (χ2n) is 4.96. The molecule has 1 aliphatic rings. The van der Waals surface area contributed by atoms with Crippen LogP contribution in [0.4, 0.5) is 4.79 Å². The molecule has 1 fully saturated rings. The van der Waals surface area contributed by atoms with Gasteiger partial charge in [-0.1, -0.05) is 32.1 Å². The molecule has 6 nitrogen and oxygen atoms in total. The minimum atomic E-state index is -1.05. The Morgan fingerprint density at radius 3 is 2.11 bits per heavy atom. The predicted octanol–water partition coefficient (Wildman–Crippen LogP) is 1.79. The first-order valence-electron chi connectivity index (χ1n) is 6.90. The number of carboxylic acids is 1. The van der Waals surface area contributed by atoms with Gasteiger partial charge in [-0.25, -0.2) is 4.79 Å². The third-order valence-electron chi connectivity index (χ3n) is 3.26. The number of nitrogens with one attached hydrogen (secondary N) is 2. The van der Waals surface area contributed by atoms with Crippen molar-refractivity contribution in [2.24, 2.45) is 0 Å². The van der Waals surface area contributed by atoms with Crippen LogP contribution >= 0.6 is 0 Å². The van der Waals surface area contributed by atoms with Crippen molar-refractivity contribution >= 4 is 17.9 Å². The van der Waals surface area contributed by atoms with Crippen LogP contribution in [0.5, 0.6) is 0 Å². The van der Waals surface area contributed by atoms with Gasteiger partial charge >= 0.3 is 12.0 Å². The van der Waals surface area contributed by atoms with Crippen LogP contribution in [-0.2, 0) is 9.59 Å². The summed E-state index contributed by atoms with van der Waals surface area (Å²) in [7, 11) is 0. The number of carbonyl (C=O) groups excluding carboxylic acids is 2. The van der Waals surface area contributed by atoms with Crippen molar-refractivity contribution in [2.45, 2.75) is 63.8 Å². The Morgan fingerprint density at radius 1 is 0.947 bits per heavy atom. The van der Waals surface area contributed by atoms with Gasteiger partial charge in [0.2, 0.25) is 5.91 Å². The fourth-order valence-electron chi connectivity index (χ4n) is 2.23. The molecule has 3 amide bonds. The van der Waals surface area contributed by atoms with Gasteiger partial charge in [-0.15, -0.1) is 0 Å². The minimum absolute atomic E-state index is 0.118. The Balaban J connectivity index is 2.24. The molecule has 0 aromatic heterocycles. The van der Waals surface area contributed by atoms with E-state index in [1.165, 1.54) is 19.3 Å². The molecule has 1 rings (SSSR count). The zero-order valence-corrected chi connectivity index (χ0v) is 11.1. The number of hydrogen-bond acceptors (Lipinski definition) is 3. The van der Waals surface area contributed by atoms with Gasteiger partial charge < -0.3 is 10.4 Å². The first-order chi connectivity index (χ1) is 9.08. The number of amides is 3. The van der Waals surface area contributed by atoms with Crippen LogP contribution in [0.2, 0.25) is 0 Å². The zero-order valence-electron chi connectivity index (χ0n) is 11.1. The maximum atomic E-state index is 11.6. The van der Waals surface area contributed by atoms with Crippen molar-refractivity contribution in [2.75, 3.05) is 0 Å². The molecule has 0 heterocycles. The Morgan fingerprint density at radius 2 is 1.53 bits per heavy atom. The van der Waals surface area contributed by atoms with Crippen LogP contribution in [0.3, 0.4) is 0 Å². The van der Waals surface area contributed by atoms with Gasteiger partial charge in [-0.05, 0) is 12.8 Å². The highest BCUT2D eigenvalue weighted by Gasteiger charge is 2.15. The van der Waals surface area contributed by atoms with Crippen molar-refractivity contribution in [1.29, 1.82) is 0 Å². The second kappa shape index (κ2) is 8.50. The molecule has 19 heavy (non-hydrogen) atoms. The molecule has 3 N–H and O–H groups in total. The number of rotatable bonds is 4. The van der Waals surface area contributed by atoms with E-state index < -0.39 is 17.9 Å². The number of urea groups is 1. The van der Waals surface area contributed by atoms with Crippen molar-refractivity contribution < 1.29 is 19.5 Å². The maximum Gasteiger partial charge on any atom is 0.321 e. The van der Waals surface area contributed by atoms with E-state index in [0.717, 1.165) is 25.7 Å². The quantitative estimate of drug-likeness (QED) is 0.725. The summed E-state index contributed by atoms with van der Waals surface area (Å²) in [5, 5.41) is 13.4. The average molecular weight is 270 g/mol. The molecular weight excluding hydrogens is 248 g/mol. The van der Waals surface area contributed by atoms with Crippen LogP contribution in [0.1, 0.15) is 57.8 Å². The monoisotopic (exact) mass is 270 g/mol. The van der Waals surface area contributed by atoms with E-state index in [1.807, 2.05) is 0 Å². The lowest BCUT2D eigenvalue weighted by molar-refractivity contribution is -0.138. The zero-order chi connectivity index (χ0) is 14.1. The fourth-order valence-corrected chi connectivity index (χ4v) is 2.23. The molecule has 1 saturated carbocycles. The number of carboxylic acid groups (broad SMARTS) is 1. The molecule has 0 aromatic rings. The summed E-state index contributed by atoms with van der Waals surface area (Å²) in [6, 6.07) is -0.395. The van der Waals surface area contributed by atoms with Gasteiger partial charge in [0.25, 0.3) is 0 Å². The molecule has 0 saturated heterocycles. The summed E-state index contributed by atoms with van der Waals surface area (Å²) in [5.74, 6) is -1.60. The fraction of sp³-hybridized carbons (Fsp3) is 0.769. The molecule has 0 radical (unpaired) electrons. The average Bonchev–Trinajstić information content (AvgIpc) is 2.30. The summed E-state index contributed by atoms with van der Waals surface area (Å²) in [6.07, 6.45) is 7.28. The lowest BCUT2D eigenvalue weighted by atomic mass is 9.97. The molecular formula is C13H22N2O4. The molecule has 6 heteroatoms. The highest BCUT2D eigenvalue weighted by molar-refractivity contribution is 5.95. The number of carbonyl (C=O) groups is 3. The molecule has 0 aromatic carbocycles. The highest BCUT2D eigenvalue weighted by atomic mass is 16.4. The summed E-state index contributed by atoms with van der Waals surface area (Å²) in [5.41, 5.74) is 0. The molecule has 0 unspecified atom stereocenters. The van der Waals surface area contributed by atoms with E-state index in [4.69, 9.17) is 5.11 Å². The van der Waals surface area contributed by atoms with Gasteiger partial charge in [0, 0.05) is 12.5 Å². The lowest BCUT2D eigenvalue weighted by Gasteiger charge is -2.20. The normalized spacial score (nSPS) is 17.1. The largest absolute Gasteiger partial charge is 0.481 e. The number of hydrogen-bond donors (Lipinski definition) is 3. The summed E-state index contributed by atoms with van der Waals surface area (Å²) in [4.78, 5) is 33.2. The van der Waals surface area contributed by atoms with E-state index >= 15 is 0 Å². The Hall–Kier alpha value is -1.59. The van der Waals surface area contributed by atoms with E-state index in [2.05, 4.69) is 10.6 Å². The predicted molar refractivity (Wildman–Crippen MR) is 69.7 cm³/mol. The lowest BCUT2D eigenvalue weighted by Crippen LogP contribution is -2.44. The smallest absolute Gasteiger partial charge is 0.321 e. The Labute approximate surface area is 112 Å². The molecule has 0 aliphatic heterocycles. The molecule has 108 valence electrons. The highest BCUT2D eigenvalue weighted by Crippen LogP contribution is 2.16. The second-order valence-corrected chi connectivity index (χ2v) is 4.96. The van der Waals surface area contributed by atoms with Gasteiger partial charge in [0.05, 0.1) is 6.42 Å². The van der Waals surface area contributed by atoms with Crippen molar-refractivity contribution in [3.05, 3.63) is 0 Å². The molecule has 0 atom stereocenters. The van der Waals surface area contributed by atoms with Crippen LogP contribution in [0.15, 0.2) is 0 Å². The summed E-state index contributed by atoms with van der Waals surface area (Å²) < 4.78 is 0. The van der Waals surface area contributed by atoms with E-state index in [0.29, 0.717) is 0 Å². The standard InChI is InChI=1S/C13H22N2O4/c16-11(8-9-12(17)18)15-13(19)14-10-6-4-2-1-3-5-7-10/h10H,1-9H2,(H,17,18)(H2,14,15,16,19). The Kier molecular flexibility index (Phi) is 6.92. The van der Waals surface area contributed by atoms with Crippen LogP contribution < -0.4 is 10.6 Å².